The second kappa shape index (κ2) is 5.81. The van der Waals surface area contributed by atoms with E-state index >= 15 is 0 Å². The van der Waals surface area contributed by atoms with E-state index in [1.807, 2.05) is 0 Å². The smallest absolute Gasteiger partial charge is 0.355 e. The highest BCUT2D eigenvalue weighted by molar-refractivity contribution is 7.09. The van der Waals surface area contributed by atoms with Crippen LogP contribution < -0.4 is 5.32 Å². The first-order valence-electron chi connectivity index (χ1n) is 5.28. The molecule has 0 saturated carbocycles. The topological polar surface area (TPSA) is 79.3 Å². The van der Waals surface area contributed by atoms with Crippen molar-refractivity contribution in [2.45, 2.75) is 6.54 Å². The third kappa shape index (κ3) is 3.52. The predicted molar refractivity (Wildman–Crippen MR) is 71.7 cm³/mol. The van der Waals surface area contributed by atoms with Crippen molar-refractivity contribution in [2.75, 3.05) is 0 Å². The second-order valence-corrected chi connectivity index (χ2v) is 5.00. The number of aromatic nitrogens is 1. The molecule has 1 aromatic heterocycles. The van der Waals surface area contributed by atoms with E-state index in [-0.39, 0.29) is 18.1 Å². The first kappa shape index (κ1) is 13.5. The molecule has 1 amide bonds. The van der Waals surface area contributed by atoms with Crippen molar-refractivity contribution in [1.29, 1.82) is 0 Å². The molecule has 1 heterocycles. The van der Waals surface area contributed by atoms with Crippen LogP contribution in [0.3, 0.4) is 0 Å². The lowest BCUT2D eigenvalue weighted by atomic mass is 10.2. The average Bonchev–Trinajstić information content (AvgIpc) is 2.86. The van der Waals surface area contributed by atoms with E-state index < -0.39 is 5.97 Å². The largest absolute Gasteiger partial charge is 0.476 e. The summed E-state index contributed by atoms with van der Waals surface area (Å²) in [5, 5.41) is 13.9. The Kier molecular flexibility index (Phi) is 4.13. The van der Waals surface area contributed by atoms with Crippen LogP contribution in [-0.2, 0) is 6.54 Å². The van der Waals surface area contributed by atoms with Crippen LogP contribution >= 0.6 is 22.9 Å². The highest BCUT2D eigenvalue weighted by atomic mass is 35.5. The van der Waals surface area contributed by atoms with E-state index in [1.165, 1.54) is 16.7 Å². The molecule has 0 bridgehead atoms. The van der Waals surface area contributed by atoms with Gasteiger partial charge in [-0.15, -0.1) is 11.3 Å². The zero-order chi connectivity index (χ0) is 13.8. The first-order chi connectivity index (χ1) is 9.06. The molecule has 0 unspecified atom stereocenters. The summed E-state index contributed by atoms with van der Waals surface area (Å²) in [6.45, 7) is 0.194. The van der Waals surface area contributed by atoms with Gasteiger partial charge in [-0.25, -0.2) is 9.78 Å². The number of hydrogen-bond donors (Lipinski definition) is 2. The number of aromatic carboxylic acids is 1. The molecule has 0 aliphatic rings. The molecule has 0 radical (unpaired) electrons. The Hall–Kier alpha value is -1.92. The number of thiazole rings is 1. The van der Waals surface area contributed by atoms with Crippen molar-refractivity contribution in [1.82, 2.24) is 10.3 Å². The number of halogens is 1. The van der Waals surface area contributed by atoms with Gasteiger partial charge in [-0.2, -0.15) is 0 Å². The Morgan fingerprint density at radius 1 is 1.32 bits per heavy atom. The highest BCUT2D eigenvalue weighted by Gasteiger charge is 2.10. The van der Waals surface area contributed by atoms with Gasteiger partial charge < -0.3 is 10.4 Å². The Labute approximate surface area is 117 Å². The Morgan fingerprint density at radius 2 is 2.00 bits per heavy atom. The molecular formula is C12H9ClN2O3S. The SMILES string of the molecule is O=C(NCc1nc(C(=O)O)cs1)c1ccc(Cl)cc1. The average molecular weight is 297 g/mol. The van der Waals surface area contributed by atoms with Crippen LogP contribution in [-0.4, -0.2) is 22.0 Å². The molecular weight excluding hydrogens is 288 g/mol. The van der Waals surface area contributed by atoms with E-state index in [2.05, 4.69) is 10.3 Å². The molecule has 5 nitrogen and oxygen atoms in total. The van der Waals surface area contributed by atoms with Gasteiger partial charge in [0.2, 0.25) is 0 Å². The number of amides is 1. The quantitative estimate of drug-likeness (QED) is 0.908. The summed E-state index contributed by atoms with van der Waals surface area (Å²) >= 11 is 6.92. The summed E-state index contributed by atoms with van der Waals surface area (Å²) in [5.41, 5.74) is 0.472. The lowest BCUT2D eigenvalue weighted by Gasteiger charge is -2.02. The van der Waals surface area contributed by atoms with Gasteiger partial charge in [-0.05, 0) is 24.3 Å². The van der Waals surface area contributed by atoms with Crippen molar-refractivity contribution >= 4 is 34.8 Å². The molecule has 98 valence electrons. The number of nitrogens with one attached hydrogen (secondary N) is 1. The van der Waals surface area contributed by atoms with Crippen molar-refractivity contribution in [3.05, 3.63) is 50.9 Å². The fourth-order valence-corrected chi connectivity index (χ4v) is 2.18. The van der Waals surface area contributed by atoms with Gasteiger partial charge in [0.1, 0.15) is 5.01 Å². The summed E-state index contributed by atoms with van der Waals surface area (Å²) in [6.07, 6.45) is 0. The molecule has 0 saturated heterocycles. The Morgan fingerprint density at radius 3 is 2.58 bits per heavy atom. The minimum atomic E-state index is -1.08. The van der Waals surface area contributed by atoms with Crippen molar-refractivity contribution < 1.29 is 14.7 Å². The highest BCUT2D eigenvalue weighted by Crippen LogP contribution is 2.11. The first-order valence-corrected chi connectivity index (χ1v) is 6.53. The number of benzene rings is 1. The molecule has 2 aromatic rings. The van der Waals surface area contributed by atoms with Crippen LogP contribution in [0.15, 0.2) is 29.6 Å². The molecule has 0 aliphatic heterocycles. The maximum Gasteiger partial charge on any atom is 0.355 e. The van der Waals surface area contributed by atoms with E-state index in [0.29, 0.717) is 15.6 Å². The van der Waals surface area contributed by atoms with Gasteiger partial charge >= 0.3 is 5.97 Å². The van der Waals surface area contributed by atoms with Gasteiger partial charge in [0, 0.05) is 16.0 Å². The number of carboxylic acids is 1. The van der Waals surface area contributed by atoms with E-state index in [1.54, 1.807) is 24.3 Å². The molecule has 0 spiro atoms. The molecule has 1 aromatic carbocycles. The third-order valence-corrected chi connectivity index (χ3v) is 3.38. The van der Waals surface area contributed by atoms with E-state index in [0.717, 1.165) is 0 Å². The predicted octanol–water partition coefficient (Wildman–Crippen LogP) is 2.42. The monoisotopic (exact) mass is 296 g/mol. The lowest BCUT2D eigenvalue weighted by Crippen LogP contribution is -2.22. The summed E-state index contributed by atoms with van der Waals surface area (Å²) in [6, 6.07) is 6.48. The molecule has 7 heteroatoms. The fourth-order valence-electron chi connectivity index (χ4n) is 1.35. The van der Waals surface area contributed by atoms with Crippen molar-refractivity contribution in [2.24, 2.45) is 0 Å². The third-order valence-electron chi connectivity index (χ3n) is 2.28. The van der Waals surface area contributed by atoms with Crippen molar-refractivity contribution in [3.63, 3.8) is 0 Å². The molecule has 0 fully saturated rings. The Balaban J connectivity index is 1.96. The number of rotatable bonds is 4. The standard InChI is InChI=1S/C12H9ClN2O3S/c13-8-3-1-7(2-4-8)11(16)14-5-10-15-9(6-19-10)12(17)18/h1-4,6H,5H2,(H,14,16)(H,17,18). The molecule has 2 rings (SSSR count). The van der Waals surface area contributed by atoms with Crippen LogP contribution in [0.4, 0.5) is 0 Å². The zero-order valence-electron chi connectivity index (χ0n) is 9.59. The van der Waals surface area contributed by atoms with E-state index in [9.17, 15) is 9.59 Å². The number of hydrogen-bond acceptors (Lipinski definition) is 4. The number of nitrogens with zero attached hydrogens (tertiary/aromatic N) is 1. The second-order valence-electron chi connectivity index (χ2n) is 3.62. The fraction of sp³-hybridized carbons (Fsp3) is 0.0833. The molecule has 19 heavy (non-hydrogen) atoms. The summed E-state index contributed by atoms with van der Waals surface area (Å²) in [4.78, 5) is 26.3. The Bertz CT molecular complexity index is 610. The minimum absolute atomic E-state index is 0.0132. The number of carbonyl (C=O) groups excluding carboxylic acids is 1. The van der Waals surface area contributed by atoms with Gasteiger partial charge in [-0.1, -0.05) is 11.6 Å². The lowest BCUT2D eigenvalue weighted by molar-refractivity contribution is 0.0691. The number of carbonyl (C=O) groups is 2. The van der Waals surface area contributed by atoms with Gasteiger partial charge in [0.15, 0.2) is 5.69 Å². The van der Waals surface area contributed by atoms with E-state index in [4.69, 9.17) is 16.7 Å². The van der Waals surface area contributed by atoms with Crippen LogP contribution in [0.2, 0.25) is 5.02 Å². The summed E-state index contributed by atoms with van der Waals surface area (Å²) < 4.78 is 0. The number of carboxylic acid groups (broad SMARTS) is 1. The van der Waals surface area contributed by atoms with Crippen LogP contribution in [0.5, 0.6) is 0 Å². The van der Waals surface area contributed by atoms with Crippen LogP contribution in [0, 0.1) is 0 Å². The maximum atomic E-state index is 11.8. The van der Waals surface area contributed by atoms with Gasteiger partial charge in [0.25, 0.3) is 5.91 Å². The van der Waals surface area contributed by atoms with Gasteiger partial charge in [-0.3, -0.25) is 4.79 Å². The molecule has 2 N–H and O–H groups in total. The maximum absolute atomic E-state index is 11.8. The van der Waals surface area contributed by atoms with Crippen LogP contribution in [0.1, 0.15) is 25.9 Å². The van der Waals surface area contributed by atoms with Crippen molar-refractivity contribution in [3.8, 4) is 0 Å². The summed E-state index contributed by atoms with van der Waals surface area (Å²) in [7, 11) is 0. The van der Waals surface area contributed by atoms with Gasteiger partial charge in [0.05, 0.1) is 6.54 Å². The minimum Gasteiger partial charge on any atom is -0.476 e. The molecule has 0 atom stereocenters. The summed E-state index contributed by atoms with van der Waals surface area (Å²) in [5.74, 6) is -1.34. The molecule has 0 aliphatic carbocycles. The zero-order valence-corrected chi connectivity index (χ0v) is 11.2. The normalized spacial score (nSPS) is 10.2. The van der Waals surface area contributed by atoms with Crippen LogP contribution in [0.25, 0.3) is 0 Å².